The minimum atomic E-state index is -0.107. The first-order valence-corrected chi connectivity index (χ1v) is 11.3. The van der Waals surface area contributed by atoms with Gasteiger partial charge in [0.1, 0.15) is 0 Å². The minimum Gasteiger partial charge on any atom is -0.400 e. The molecule has 0 spiro atoms. The van der Waals surface area contributed by atoms with Crippen molar-refractivity contribution in [2.24, 2.45) is 0 Å². The first kappa shape index (κ1) is 28.4. The largest absolute Gasteiger partial charge is 0.400 e. The summed E-state index contributed by atoms with van der Waals surface area (Å²) in [6.07, 6.45) is 3.09. The van der Waals surface area contributed by atoms with Crippen LogP contribution in [0.4, 0.5) is 0 Å². The van der Waals surface area contributed by atoms with Gasteiger partial charge in [0.05, 0.1) is 5.52 Å². The van der Waals surface area contributed by atoms with Gasteiger partial charge in [0, 0.05) is 57.3 Å². The second-order valence-electron chi connectivity index (χ2n) is 7.32. The van der Waals surface area contributed by atoms with E-state index in [1.807, 2.05) is 50.2 Å². The van der Waals surface area contributed by atoms with E-state index in [4.69, 9.17) is 5.11 Å². The maximum Gasteiger partial charge on any atom is 0.277 e. The Kier molecular flexibility index (Phi) is 11.3. The summed E-state index contributed by atoms with van der Waals surface area (Å²) in [5, 5.41) is 10.3. The van der Waals surface area contributed by atoms with E-state index in [0.717, 1.165) is 35.9 Å². The number of aromatic nitrogens is 5. The fraction of sp³-hybridized carbons (Fsp3) is 0.222. The molecule has 0 aliphatic heterocycles. The summed E-state index contributed by atoms with van der Waals surface area (Å²) in [5.41, 5.74) is 6.15. The van der Waals surface area contributed by atoms with Crippen LogP contribution in [0, 0.1) is 13.0 Å². The molecule has 0 amide bonds. The van der Waals surface area contributed by atoms with Crippen molar-refractivity contribution in [3.8, 4) is 17.2 Å². The molecule has 5 rings (SSSR count). The Balaban J connectivity index is 0.000000823. The summed E-state index contributed by atoms with van der Waals surface area (Å²) in [6, 6.07) is 22.8. The topological polar surface area (TPSA) is 99.6 Å². The number of hydrogen-bond acceptors (Lipinski definition) is 4. The van der Waals surface area contributed by atoms with E-state index in [0.29, 0.717) is 18.0 Å². The van der Waals surface area contributed by atoms with E-state index in [2.05, 4.69) is 57.3 Å². The Morgan fingerprint density at radius 2 is 1.69 bits per heavy atom. The summed E-state index contributed by atoms with van der Waals surface area (Å²) in [4.78, 5) is 25.3. The van der Waals surface area contributed by atoms with Crippen LogP contribution in [0.2, 0.25) is 0 Å². The molecule has 0 bridgehead atoms. The van der Waals surface area contributed by atoms with Crippen LogP contribution in [-0.4, -0.2) is 36.9 Å². The first-order chi connectivity index (χ1) is 16.7. The van der Waals surface area contributed by atoms with Gasteiger partial charge in [0.25, 0.3) is 5.56 Å². The number of aliphatic hydroxyl groups is 1. The number of imidazole rings is 1. The van der Waals surface area contributed by atoms with E-state index >= 15 is 0 Å². The molecule has 0 aliphatic carbocycles. The van der Waals surface area contributed by atoms with Crippen LogP contribution in [0.25, 0.3) is 28.4 Å². The number of aryl methyl sites for hydroxylation is 2. The van der Waals surface area contributed by atoms with Gasteiger partial charge in [-0.15, -0.1) is 5.56 Å². The fourth-order valence-electron chi connectivity index (χ4n) is 3.61. The molecular formula is C27H30N5O2Y-. The minimum absolute atomic E-state index is 0. The van der Waals surface area contributed by atoms with Crippen molar-refractivity contribution in [2.45, 2.75) is 33.6 Å². The zero-order chi connectivity index (χ0) is 24.5. The Morgan fingerprint density at radius 1 is 1.00 bits per heavy atom. The standard InChI is InChI=1S/C24H20N5O.C2H6.CH4O.Y/c1-16-9-11-17(12-10-16)13-14-19-21(18-6-3-2-4-7-18)28-29(23(19)30)24-26-20-8-5-15-25-22(20)27-24;2*1-2;/h3-12,15,28H,13-14H2,1H3,(H,25,26,27);1-2H3;2H,1H3;/q-1;;;. The van der Waals surface area contributed by atoms with Gasteiger partial charge in [-0.3, -0.25) is 9.89 Å². The predicted molar refractivity (Wildman–Crippen MR) is 136 cm³/mol. The molecule has 8 heteroatoms. The van der Waals surface area contributed by atoms with Crippen LogP contribution in [-0.2, 0) is 45.6 Å². The molecule has 0 fully saturated rings. The third-order valence-corrected chi connectivity index (χ3v) is 5.23. The maximum absolute atomic E-state index is 13.4. The first-order valence-electron chi connectivity index (χ1n) is 11.3. The summed E-state index contributed by atoms with van der Waals surface area (Å²) >= 11 is 0. The number of aliphatic hydroxyl groups excluding tert-OH is 1. The average Bonchev–Trinajstić information content (AvgIpc) is 3.47. The van der Waals surface area contributed by atoms with E-state index in [-0.39, 0.29) is 38.3 Å². The molecule has 0 atom stereocenters. The molecule has 35 heavy (non-hydrogen) atoms. The summed E-state index contributed by atoms with van der Waals surface area (Å²) in [5.74, 6) is 0.430. The molecule has 0 saturated carbocycles. The smallest absolute Gasteiger partial charge is 0.277 e. The van der Waals surface area contributed by atoms with Crippen LogP contribution < -0.4 is 5.56 Å². The molecule has 0 saturated heterocycles. The summed E-state index contributed by atoms with van der Waals surface area (Å²) in [6.45, 7) is 6.07. The summed E-state index contributed by atoms with van der Waals surface area (Å²) < 4.78 is 1.47. The molecule has 3 N–H and O–H groups in total. The van der Waals surface area contributed by atoms with Gasteiger partial charge in [0.15, 0.2) is 5.65 Å². The number of fused-ring (bicyclic) bond motifs is 1. The zero-order valence-corrected chi connectivity index (χ0v) is 23.4. The van der Waals surface area contributed by atoms with E-state index in [9.17, 15) is 4.79 Å². The second kappa shape index (κ2) is 13.9. The predicted octanol–water partition coefficient (Wildman–Crippen LogP) is 4.63. The van der Waals surface area contributed by atoms with Crippen LogP contribution in [0.15, 0.2) is 71.7 Å². The van der Waals surface area contributed by atoms with Crippen molar-refractivity contribution in [3.63, 3.8) is 0 Å². The fourth-order valence-corrected chi connectivity index (χ4v) is 3.61. The third-order valence-electron chi connectivity index (χ3n) is 5.23. The van der Waals surface area contributed by atoms with Gasteiger partial charge in [-0.2, -0.15) is 40.0 Å². The van der Waals surface area contributed by atoms with Crippen molar-refractivity contribution in [2.75, 3.05) is 7.11 Å². The third kappa shape index (κ3) is 6.63. The molecule has 3 aromatic heterocycles. The van der Waals surface area contributed by atoms with Crippen LogP contribution in [0.3, 0.4) is 0 Å². The average molecular weight is 545 g/mol. The molecule has 0 unspecified atom stereocenters. The number of hydrogen-bond donors (Lipinski definition) is 3. The molecule has 1 radical (unpaired) electrons. The van der Waals surface area contributed by atoms with Crippen molar-refractivity contribution < 1.29 is 37.8 Å². The van der Waals surface area contributed by atoms with E-state index in [1.165, 1.54) is 15.8 Å². The Labute approximate surface area is 230 Å². The molecule has 0 aliphatic rings. The molecule has 5 aromatic rings. The molecule has 179 valence electrons. The number of benzene rings is 2. The van der Waals surface area contributed by atoms with Crippen molar-refractivity contribution >= 4 is 11.2 Å². The second-order valence-corrected chi connectivity index (χ2v) is 7.32. The van der Waals surface area contributed by atoms with Gasteiger partial charge in [0.2, 0.25) is 5.95 Å². The van der Waals surface area contributed by atoms with Gasteiger partial charge < -0.3 is 10.1 Å². The van der Waals surface area contributed by atoms with Gasteiger partial charge in [-0.05, 0) is 37.5 Å². The number of aromatic amines is 2. The van der Waals surface area contributed by atoms with Crippen LogP contribution >= 0.6 is 0 Å². The van der Waals surface area contributed by atoms with E-state index in [1.54, 1.807) is 6.20 Å². The van der Waals surface area contributed by atoms with Crippen molar-refractivity contribution in [1.82, 2.24) is 24.7 Å². The molecule has 2 aromatic carbocycles. The number of rotatable bonds is 5. The SMILES string of the molecule is CC.CO.Cc1ccc(CCc2c(-c3cc[c-]cc3)[nH]n(-c3nc4ncccc4[nH]3)c2=O)cc1.[Y]. The number of pyridine rings is 1. The monoisotopic (exact) mass is 545 g/mol. The van der Waals surface area contributed by atoms with Gasteiger partial charge in [-0.1, -0.05) is 43.7 Å². The number of nitrogens with zero attached hydrogens (tertiary/aromatic N) is 3. The Morgan fingerprint density at radius 3 is 2.34 bits per heavy atom. The molecule has 7 nitrogen and oxygen atoms in total. The van der Waals surface area contributed by atoms with Crippen molar-refractivity contribution in [3.05, 3.63) is 100.0 Å². The van der Waals surface area contributed by atoms with Gasteiger partial charge in [-0.25, -0.2) is 4.98 Å². The molecular weight excluding hydrogens is 515 g/mol. The number of nitrogens with one attached hydrogen (secondary N) is 2. The van der Waals surface area contributed by atoms with Crippen LogP contribution in [0.5, 0.6) is 0 Å². The normalized spacial score (nSPS) is 9.97. The maximum atomic E-state index is 13.4. The Hall–Kier alpha value is -2.87. The zero-order valence-electron chi connectivity index (χ0n) is 20.5. The van der Waals surface area contributed by atoms with Crippen molar-refractivity contribution in [1.29, 1.82) is 0 Å². The Bertz CT molecular complexity index is 1340. The van der Waals surface area contributed by atoms with E-state index < -0.39 is 0 Å². The summed E-state index contributed by atoms with van der Waals surface area (Å²) in [7, 11) is 1.00. The van der Waals surface area contributed by atoms with Crippen LogP contribution in [0.1, 0.15) is 30.5 Å². The quantitative estimate of drug-likeness (QED) is 0.281. The number of H-pyrrole nitrogens is 2. The molecule has 3 heterocycles. The van der Waals surface area contributed by atoms with Gasteiger partial charge >= 0.3 is 0 Å².